The SMILES string of the molecule is CC1=CSC2C(=O)NC(=O)N=C12. The van der Waals surface area contributed by atoms with Crippen LogP contribution in [0, 0.1) is 0 Å². The van der Waals surface area contributed by atoms with Gasteiger partial charge < -0.3 is 0 Å². The summed E-state index contributed by atoms with van der Waals surface area (Å²) in [5.41, 5.74) is 1.52. The molecule has 2 rings (SSSR count). The van der Waals surface area contributed by atoms with Crippen molar-refractivity contribution in [3.63, 3.8) is 0 Å². The van der Waals surface area contributed by atoms with Crippen LogP contribution in [0.5, 0.6) is 0 Å². The number of thioether (sulfide) groups is 1. The van der Waals surface area contributed by atoms with Gasteiger partial charge in [-0.15, -0.1) is 11.8 Å². The van der Waals surface area contributed by atoms with Gasteiger partial charge in [0.15, 0.2) is 0 Å². The fourth-order valence-electron chi connectivity index (χ4n) is 1.14. The minimum atomic E-state index is -0.554. The van der Waals surface area contributed by atoms with E-state index >= 15 is 0 Å². The van der Waals surface area contributed by atoms with E-state index in [0.717, 1.165) is 5.57 Å². The molecule has 2 aliphatic rings. The molecule has 1 unspecified atom stereocenters. The lowest BCUT2D eigenvalue weighted by molar-refractivity contribution is -0.118. The van der Waals surface area contributed by atoms with Crippen molar-refractivity contribution < 1.29 is 9.59 Å². The molecule has 1 N–H and O–H groups in total. The van der Waals surface area contributed by atoms with Gasteiger partial charge in [0, 0.05) is 0 Å². The zero-order valence-electron chi connectivity index (χ0n) is 6.33. The highest BCUT2D eigenvalue weighted by Crippen LogP contribution is 2.29. The standard InChI is InChI=1S/C7H6N2O2S/c1-3-2-12-5-4(3)8-7(11)9-6(5)10/h2,5H,1H3,(H,9,10,11). The van der Waals surface area contributed by atoms with E-state index in [1.54, 1.807) is 0 Å². The summed E-state index contributed by atoms with van der Waals surface area (Å²) < 4.78 is 0. The number of urea groups is 1. The number of carbonyl (C=O) groups is 2. The molecule has 0 spiro atoms. The highest BCUT2D eigenvalue weighted by Gasteiger charge is 2.34. The van der Waals surface area contributed by atoms with Crippen LogP contribution in [0.4, 0.5) is 4.79 Å². The van der Waals surface area contributed by atoms with E-state index in [1.165, 1.54) is 11.8 Å². The second-order valence-corrected chi connectivity index (χ2v) is 3.59. The molecule has 0 aromatic carbocycles. The Labute approximate surface area is 73.1 Å². The third-order valence-electron chi connectivity index (χ3n) is 1.72. The van der Waals surface area contributed by atoms with E-state index in [0.29, 0.717) is 5.71 Å². The molecule has 5 heteroatoms. The van der Waals surface area contributed by atoms with Crippen molar-refractivity contribution in [2.75, 3.05) is 0 Å². The van der Waals surface area contributed by atoms with Crippen molar-refractivity contribution in [1.29, 1.82) is 0 Å². The number of rotatable bonds is 0. The topological polar surface area (TPSA) is 58.5 Å². The quantitative estimate of drug-likeness (QED) is 0.599. The largest absolute Gasteiger partial charge is 0.347 e. The van der Waals surface area contributed by atoms with Crippen molar-refractivity contribution in [2.45, 2.75) is 12.2 Å². The molecule has 0 radical (unpaired) electrons. The summed E-state index contributed by atoms with van der Waals surface area (Å²) in [7, 11) is 0. The molecule has 0 bridgehead atoms. The Balaban J connectivity index is 2.43. The number of fused-ring (bicyclic) bond motifs is 1. The number of hydrogen-bond acceptors (Lipinski definition) is 3. The van der Waals surface area contributed by atoms with Crippen LogP contribution in [0.15, 0.2) is 16.0 Å². The number of allylic oxidation sites excluding steroid dienone is 1. The van der Waals surface area contributed by atoms with Crippen LogP contribution in [0.1, 0.15) is 6.92 Å². The van der Waals surface area contributed by atoms with E-state index in [2.05, 4.69) is 10.3 Å². The first-order valence-corrected chi connectivity index (χ1v) is 4.39. The maximum absolute atomic E-state index is 11.2. The van der Waals surface area contributed by atoms with E-state index in [-0.39, 0.29) is 11.2 Å². The van der Waals surface area contributed by atoms with Crippen molar-refractivity contribution in [2.24, 2.45) is 4.99 Å². The van der Waals surface area contributed by atoms with Crippen molar-refractivity contribution in [3.8, 4) is 0 Å². The third kappa shape index (κ3) is 0.972. The lowest BCUT2D eigenvalue weighted by atomic mass is 10.1. The molecule has 4 nitrogen and oxygen atoms in total. The number of imide groups is 1. The van der Waals surface area contributed by atoms with Crippen LogP contribution in [0.3, 0.4) is 0 Å². The first kappa shape index (κ1) is 7.54. The normalized spacial score (nSPS) is 27.6. The molecule has 2 aliphatic heterocycles. The molecule has 2 heterocycles. The first-order valence-electron chi connectivity index (χ1n) is 3.44. The lowest BCUT2D eigenvalue weighted by Crippen LogP contribution is -2.43. The highest BCUT2D eigenvalue weighted by atomic mass is 32.2. The number of carbonyl (C=O) groups excluding carboxylic acids is 2. The maximum atomic E-state index is 11.2. The van der Waals surface area contributed by atoms with Crippen LogP contribution in [0.2, 0.25) is 0 Å². The number of hydrogen-bond donors (Lipinski definition) is 1. The average Bonchev–Trinajstić information content (AvgIpc) is 2.33. The number of amides is 3. The molecule has 12 heavy (non-hydrogen) atoms. The third-order valence-corrected chi connectivity index (χ3v) is 2.92. The molecular formula is C7H6N2O2S. The average molecular weight is 182 g/mol. The molecule has 0 aromatic heterocycles. The van der Waals surface area contributed by atoms with Crippen LogP contribution in [0.25, 0.3) is 0 Å². The van der Waals surface area contributed by atoms with Gasteiger partial charge in [-0.1, -0.05) is 0 Å². The Kier molecular flexibility index (Phi) is 1.54. The van der Waals surface area contributed by atoms with Gasteiger partial charge in [-0.05, 0) is 17.9 Å². The van der Waals surface area contributed by atoms with Gasteiger partial charge in [0.1, 0.15) is 5.25 Å². The molecule has 0 aromatic rings. The lowest BCUT2D eigenvalue weighted by Gasteiger charge is -2.14. The predicted molar refractivity (Wildman–Crippen MR) is 46.1 cm³/mol. The van der Waals surface area contributed by atoms with E-state index in [9.17, 15) is 9.59 Å². The minimum Gasteiger partial charge on any atom is -0.275 e. The van der Waals surface area contributed by atoms with E-state index in [4.69, 9.17) is 0 Å². The van der Waals surface area contributed by atoms with Gasteiger partial charge in [0.2, 0.25) is 5.91 Å². The molecule has 3 amide bonds. The van der Waals surface area contributed by atoms with Crippen molar-refractivity contribution in [3.05, 3.63) is 11.0 Å². The second kappa shape index (κ2) is 2.45. The van der Waals surface area contributed by atoms with Gasteiger partial charge in [0.25, 0.3) is 0 Å². The van der Waals surface area contributed by atoms with Gasteiger partial charge in [-0.25, -0.2) is 4.79 Å². The zero-order valence-corrected chi connectivity index (χ0v) is 7.14. The second-order valence-electron chi connectivity index (χ2n) is 2.61. The Bertz CT molecular complexity index is 332. The predicted octanol–water partition coefficient (Wildman–Crippen LogP) is 0.696. The summed E-state index contributed by atoms with van der Waals surface area (Å²) in [4.78, 5) is 25.7. The van der Waals surface area contributed by atoms with E-state index < -0.39 is 6.03 Å². The minimum absolute atomic E-state index is 0.261. The van der Waals surface area contributed by atoms with Crippen molar-refractivity contribution >= 4 is 29.4 Å². The number of nitrogens with zero attached hydrogens (tertiary/aromatic N) is 1. The smallest absolute Gasteiger partial charge is 0.275 e. The van der Waals surface area contributed by atoms with Crippen LogP contribution < -0.4 is 5.32 Å². The summed E-state index contributed by atoms with van der Waals surface area (Å²) in [6.45, 7) is 1.84. The van der Waals surface area contributed by atoms with E-state index in [1.807, 2.05) is 12.3 Å². The monoisotopic (exact) mass is 182 g/mol. The van der Waals surface area contributed by atoms with Gasteiger partial charge in [0.05, 0.1) is 5.71 Å². The Morgan fingerprint density at radius 3 is 3.08 bits per heavy atom. The zero-order chi connectivity index (χ0) is 8.72. The summed E-state index contributed by atoms with van der Waals surface area (Å²) in [6.07, 6.45) is 0. The van der Waals surface area contributed by atoms with Gasteiger partial charge in [-0.3, -0.25) is 10.1 Å². The van der Waals surface area contributed by atoms with Crippen molar-refractivity contribution in [1.82, 2.24) is 5.32 Å². The Morgan fingerprint density at radius 2 is 2.33 bits per heavy atom. The van der Waals surface area contributed by atoms with Crippen LogP contribution >= 0.6 is 11.8 Å². The highest BCUT2D eigenvalue weighted by molar-refractivity contribution is 8.04. The van der Waals surface area contributed by atoms with Crippen LogP contribution in [-0.4, -0.2) is 22.9 Å². The summed E-state index contributed by atoms with van der Waals surface area (Å²) in [5, 5.41) is 3.70. The molecule has 0 saturated carbocycles. The van der Waals surface area contributed by atoms with Crippen LogP contribution in [-0.2, 0) is 4.79 Å². The summed E-state index contributed by atoms with van der Waals surface area (Å²) in [6, 6.07) is -0.554. The molecule has 0 aliphatic carbocycles. The summed E-state index contributed by atoms with van der Waals surface area (Å²) >= 11 is 1.39. The fourth-order valence-corrected chi connectivity index (χ4v) is 2.15. The molecular weight excluding hydrogens is 176 g/mol. The molecule has 0 saturated heterocycles. The number of aliphatic imine (C=N–C) groups is 1. The maximum Gasteiger partial charge on any atom is 0.347 e. The fraction of sp³-hybridized carbons (Fsp3) is 0.286. The molecule has 1 atom stereocenters. The Morgan fingerprint density at radius 1 is 1.58 bits per heavy atom. The number of nitrogens with one attached hydrogen (secondary N) is 1. The molecule has 62 valence electrons. The molecule has 0 fully saturated rings. The van der Waals surface area contributed by atoms with Gasteiger partial charge in [-0.2, -0.15) is 4.99 Å². The first-order chi connectivity index (χ1) is 5.68. The van der Waals surface area contributed by atoms with Gasteiger partial charge >= 0.3 is 6.03 Å². The Hall–Kier alpha value is -1.10. The summed E-state index contributed by atoms with van der Waals surface area (Å²) in [5.74, 6) is -0.261.